The summed E-state index contributed by atoms with van der Waals surface area (Å²) in [6.07, 6.45) is 3.68. The van der Waals surface area contributed by atoms with Gasteiger partial charge in [-0.15, -0.1) is 0 Å². The van der Waals surface area contributed by atoms with E-state index in [1.54, 1.807) is 0 Å². The maximum Gasteiger partial charge on any atom is 0.241 e. The van der Waals surface area contributed by atoms with Crippen molar-refractivity contribution in [2.24, 2.45) is 17.8 Å². The molecule has 4 atom stereocenters. The van der Waals surface area contributed by atoms with Gasteiger partial charge in [0.2, 0.25) is 5.91 Å². The zero-order valence-corrected chi connectivity index (χ0v) is 14.3. The van der Waals surface area contributed by atoms with Gasteiger partial charge >= 0.3 is 0 Å². The normalized spacial score (nSPS) is 33.7. The van der Waals surface area contributed by atoms with E-state index in [1.807, 2.05) is 0 Å². The van der Waals surface area contributed by atoms with Crippen LogP contribution in [0.5, 0.6) is 0 Å². The van der Waals surface area contributed by atoms with Crippen molar-refractivity contribution in [1.29, 1.82) is 0 Å². The molecule has 2 aliphatic heterocycles. The molecule has 2 saturated heterocycles. The summed E-state index contributed by atoms with van der Waals surface area (Å²) in [5, 5.41) is 3.56. The third kappa shape index (κ3) is 3.78. The second-order valence-corrected chi connectivity index (χ2v) is 7.39. The van der Waals surface area contributed by atoms with Gasteiger partial charge in [0.1, 0.15) is 0 Å². The molecule has 0 bridgehead atoms. The van der Waals surface area contributed by atoms with Crippen molar-refractivity contribution in [2.45, 2.75) is 72.2 Å². The number of nitrogens with zero attached hydrogens (tertiary/aromatic N) is 1. The maximum absolute atomic E-state index is 12.7. The maximum atomic E-state index is 12.7. The molecule has 2 fully saturated rings. The number of amides is 1. The standard InChI is InChI=1S/C17H32N2O2/c1-6-14-13(7-8-21-14)10-19-15(9-11(2)3)18-16(12(4)5)17(19)20/h11-16,18H,6-10H2,1-5H3. The van der Waals surface area contributed by atoms with Crippen LogP contribution in [0, 0.1) is 17.8 Å². The van der Waals surface area contributed by atoms with Crippen molar-refractivity contribution < 1.29 is 9.53 Å². The molecule has 0 aliphatic carbocycles. The summed E-state index contributed by atoms with van der Waals surface area (Å²) in [6, 6.07) is -0.0175. The van der Waals surface area contributed by atoms with Crippen LogP contribution in [0.4, 0.5) is 0 Å². The highest BCUT2D eigenvalue weighted by Gasteiger charge is 2.42. The first kappa shape index (κ1) is 16.8. The number of hydrogen-bond donors (Lipinski definition) is 1. The van der Waals surface area contributed by atoms with E-state index < -0.39 is 0 Å². The molecule has 2 heterocycles. The Labute approximate surface area is 129 Å². The second kappa shape index (κ2) is 7.10. The predicted molar refractivity (Wildman–Crippen MR) is 84.9 cm³/mol. The van der Waals surface area contributed by atoms with Crippen molar-refractivity contribution in [1.82, 2.24) is 10.2 Å². The van der Waals surface area contributed by atoms with Crippen molar-refractivity contribution in [3.05, 3.63) is 0 Å². The number of carbonyl (C=O) groups excluding carboxylic acids is 1. The summed E-state index contributed by atoms with van der Waals surface area (Å²) < 4.78 is 5.79. The third-order valence-corrected chi connectivity index (χ3v) is 4.84. The fraction of sp³-hybridized carbons (Fsp3) is 0.941. The predicted octanol–water partition coefficient (Wildman–Crippen LogP) is 2.63. The van der Waals surface area contributed by atoms with Gasteiger partial charge in [0, 0.05) is 19.1 Å². The van der Waals surface area contributed by atoms with E-state index in [-0.39, 0.29) is 18.1 Å². The number of nitrogens with one attached hydrogen (secondary N) is 1. The van der Waals surface area contributed by atoms with E-state index >= 15 is 0 Å². The molecule has 2 rings (SSSR count). The first-order chi connectivity index (χ1) is 9.93. The molecule has 0 spiro atoms. The summed E-state index contributed by atoms with van der Waals surface area (Å²) in [5.74, 6) is 1.73. The molecule has 4 heteroatoms. The molecule has 2 aliphatic rings. The molecule has 0 aromatic heterocycles. The van der Waals surface area contributed by atoms with E-state index in [1.165, 1.54) is 0 Å². The molecule has 21 heavy (non-hydrogen) atoms. The molecule has 4 nitrogen and oxygen atoms in total. The van der Waals surface area contributed by atoms with Gasteiger partial charge in [-0.05, 0) is 31.1 Å². The first-order valence-electron chi connectivity index (χ1n) is 8.62. The Morgan fingerprint density at radius 3 is 2.62 bits per heavy atom. The van der Waals surface area contributed by atoms with Crippen molar-refractivity contribution >= 4 is 5.91 Å². The van der Waals surface area contributed by atoms with E-state index in [2.05, 4.69) is 44.8 Å². The van der Waals surface area contributed by atoms with Gasteiger partial charge in [-0.25, -0.2) is 0 Å². The summed E-state index contributed by atoms with van der Waals surface area (Å²) in [4.78, 5) is 14.8. The Morgan fingerprint density at radius 2 is 2.05 bits per heavy atom. The molecular formula is C17H32N2O2. The molecule has 0 aromatic rings. The molecule has 4 unspecified atom stereocenters. The van der Waals surface area contributed by atoms with Crippen LogP contribution >= 0.6 is 0 Å². The van der Waals surface area contributed by atoms with Crippen LogP contribution in [-0.4, -0.2) is 42.3 Å². The average Bonchev–Trinajstić information content (AvgIpc) is 2.97. The lowest BCUT2D eigenvalue weighted by molar-refractivity contribution is -0.131. The van der Waals surface area contributed by atoms with Gasteiger partial charge in [0.25, 0.3) is 0 Å². The molecule has 1 N–H and O–H groups in total. The lowest BCUT2D eigenvalue weighted by Crippen LogP contribution is -2.42. The van der Waals surface area contributed by atoms with Gasteiger partial charge in [-0.2, -0.15) is 0 Å². The number of rotatable bonds is 6. The van der Waals surface area contributed by atoms with Crippen molar-refractivity contribution in [2.75, 3.05) is 13.2 Å². The SMILES string of the molecule is CCC1OCCC1CN1C(=O)C(C(C)C)NC1CC(C)C. The van der Waals surface area contributed by atoms with Crippen molar-refractivity contribution in [3.8, 4) is 0 Å². The molecule has 0 saturated carbocycles. The lowest BCUT2D eigenvalue weighted by atomic mass is 9.98. The van der Waals surface area contributed by atoms with Gasteiger partial charge in [-0.3, -0.25) is 10.1 Å². The summed E-state index contributed by atoms with van der Waals surface area (Å²) in [5.41, 5.74) is 0. The van der Waals surface area contributed by atoms with Crippen LogP contribution in [0.15, 0.2) is 0 Å². The average molecular weight is 296 g/mol. The smallest absolute Gasteiger partial charge is 0.241 e. The summed E-state index contributed by atoms with van der Waals surface area (Å²) in [7, 11) is 0. The van der Waals surface area contributed by atoms with Crippen LogP contribution < -0.4 is 5.32 Å². The number of ether oxygens (including phenoxy) is 1. The van der Waals surface area contributed by atoms with Crippen LogP contribution in [0.1, 0.15) is 53.9 Å². The first-order valence-corrected chi connectivity index (χ1v) is 8.62. The zero-order chi connectivity index (χ0) is 15.6. The minimum Gasteiger partial charge on any atom is -0.378 e. The van der Waals surface area contributed by atoms with E-state index in [0.717, 1.165) is 32.4 Å². The van der Waals surface area contributed by atoms with E-state index in [4.69, 9.17) is 4.74 Å². The van der Waals surface area contributed by atoms with E-state index in [9.17, 15) is 4.79 Å². The Kier molecular flexibility index (Phi) is 5.67. The number of carbonyl (C=O) groups is 1. The Hall–Kier alpha value is -0.610. The largest absolute Gasteiger partial charge is 0.378 e. The highest BCUT2D eigenvalue weighted by Crippen LogP contribution is 2.28. The topological polar surface area (TPSA) is 41.6 Å². The Bertz CT molecular complexity index is 357. The molecule has 0 aromatic carbocycles. The zero-order valence-electron chi connectivity index (χ0n) is 14.3. The van der Waals surface area contributed by atoms with Crippen LogP contribution in [0.3, 0.4) is 0 Å². The monoisotopic (exact) mass is 296 g/mol. The highest BCUT2D eigenvalue weighted by atomic mass is 16.5. The lowest BCUT2D eigenvalue weighted by Gasteiger charge is -2.29. The molecule has 122 valence electrons. The quantitative estimate of drug-likeness (QED) is 0.819. The van der Waals surface area contributed by atoms with Crippen LogP contribution in [0.2, 0.25) is 0 Å². The van der Waals surface area contributed by atoms with Crippen molar-refractivity contribution in [3.63, 3.8) is 0 Å². The summed E-state index contributed by atoms with van der Waals surface area (Å²) >= 11 is 0. The fourth-order valence-corrected chi connectivity index (χ4v) is 3.64. The van der Waals surface area contributed by atoms with Gasteiger partial charge in [0.05, 0.1) is 18.3 Å². The molecule has 1 amide bonds. The highest BCUT2D eigenvalue weighted by molar-refractivity contribution is 5.84. The third-order valence-electron chi connectivity index (χ3n) is 4.84. The number of hydrogen-bond acceptors (Lipinski definition) is 3. The fourth-order valence-electron chi connectivity index (χ4n) is 3.64. The van der Waals surface area contributed by atoms with Gasteiger partial charge in [-0.1, -0.05) is 34.6 Å². The second-order valence-electron chi connectivity index (χ2n) is 7.39. The summed E-state index contributed by atoms with van der Waals surface area (Å²) in [6.45, 7) is 12.6. The van der Waals surface area contributed by atoms with Gasteiger partial charge in [0.15, 0.2) is 0 Å². The minimum atomic E-state index is -0.0175. The van der Waals surface area contributed by atoms with Crippen LogP contribution in [-0.2, 0) is 9.53 Å². The minimum absolute atomic E-state index is 0.0175. The molecule has 0 radical (unpaired) electrons. The van der Waals surface area contributed by atoms with E-state index in [0.29, 0.717) is 23.9 Å². The Balaban J connectivity index is 2.07. The van der Waals surface area contributed by atoms with Crippen LogP contribution in [0.25, 0.3) is 0 Å². The Morgan fingerprint density at radius 1 is 1.33 bits per heavy atom. The van der Waals surface area contributed by atoms with Gasteiger partial charge < -0.3 is 9.64 Å². The molecular weight excluding hydrogens is 264 g/mol.